The lowest BCUT2D eigenvalue weighted by Gasteiger charge is -2.10. The summed E-state index contributed by atoms with van der Waals surface area (Å²) in [6.07, 6.45) is 3.32. The fourth-order valence-corrected chi connectivity index (χ4v) is 3.91. The zero-order chi connectivity index (χ0) is 15.6. The number of aryl methyl sites for hydroxylation is 1. The third-order valence-corrected chi connectivity index (χ3v) is 5.37. The van der Waals surface area contributed by atoms with Gasteiger partial charge in [-0.15, -0.1) is 11.3 Å². The van der Waals surface area contributed by atoms with Gasteiger partial charge in [-0.25, -0.2) is 18.1 Å². The van der Waals surface area contributed by atoms with E-state index in [1.807, 2.05) is 25.3 Å². The zero-order valence-electron chi connectivity index (χ0n) is 12.3. The van der Waals surface area contributed by atoms with Gasteiger partial charge in [-0.05, 0) is 26.8 Å². The van der Waals surface area contributed by atoms with Crippen LogP contribution in [0.15, 0.2) is 23.4 Å². The molecule has 0 amide bonds. The van der Waals surface area contributed by atoms with Crippen molar-refractivity contribution in [3.05, 3.63) is 34.0 Å². The first-order chi connectivity index (χ1) is 9.83. The van der Waals surface area contributed by atoms with Gasteiger partial charge in [-0.3, -0.25) is 0 Å². The van der Waals surface area contributed by atoms with Crippen molar-refractivity contribution in [3.8, 4) is 0 Å². The van der Waals surface area contributed by atoms with Crippen LogP contribution in [0.4, 0.5) is 0 Å². The van der Waals surface area contributed by atoms with Crippen molar-refractivity contribution < 1.29 is 8.42 Å². The van der Waals surface area contributed by atoms with Gasteiger partial charge in [0, 0.05) is 42.1 Å². The molecule has 2 aromatic rings. The van der Waals surface area contributed by atoms with Crippen LogP contribution in [-0.2, 0) is 23.1 Å². The fraction of sp³-hybridized carbons (Fsp3) is 0.462. The number of hydrogen-bond donors (Lipinski definition) is 2. The van der Waals surface area contributed by atoms with Crippen LogP contribution in [0.25, 0.3) is 0 Å². The van der Waals surface area contributed by atoms with E-state index in [0.717, 1.165) is 15.6 Å². The Bertz CT molecular complexity index is 716. The van der Waals surface area contributed by atoms with Crippen molar-refractivity contribution in [2.75, 3.05) is 0 Å². The van der Waals surface area contributed by atoms with E-state index in [9.17, 15) is 8.42 Å². The van der Waals surface area contributed by atoms with Gasteiger partial charge in [0.05, 0.1) is 9.90 Å². The van der Waals surface area contributed by atoms with Gasteiger partial charge >= 0.3 is 0 Å². The second-order valence-corrected chi connectivity index (χ2v) is 8.13. The van der Waals surface area contributed by atoms with Gasteiger partial charge in [0.2, 0.25) is 10.0 Å². The van der Waals surface area contributed by atoms with Gasteiger partial charge in [-0.2, -0.15) is 0 Å². The average Bonchev–Trinajstić information content (AvgIpc) is 3.02. The molecule has 6 nitrogen and oxygen atoms in total. The van der Waals surface area contributed by atoms with E-state index >= 15 is 0 Å². The Kier molecular flexibility index (Phi) is 4.82. The molecule has 2 rings (SSSR count). The molecule has 0 aromatic carbocycles. The SMILES string of the molecule is Cc1ncc(CNS(=O)(=O)c2cc(CN)n(C(C)C)c2)s1. The number of rotatable bonds is 6. The summed E-state index contributed by atoms with van der Waals surface area (Å²) < 4.78 is 29.1. The summed E-state index contributed by atoms with van der Waals surface area (Å²) in [5.74, 6) is 0. The molecule has 0 aliphatic carbocycles. The highest BCUT2D eigenvalue weighted by Crippen LogP contribution is 2.19. The number of aromatic nitrogens is 2. The van der Waals surface area contributed by atoms with Crippen LogP contribution in [0, 0.1) is 6.92 Å². The molecule has 8 heteroatoms. The molecular weight excluding hydrogens is 308 g/mol. The maximum absolute atomic E-state index is 12.3. The largest absolute Gasteiger partial charge is 0.346 e. The van der Waals surface area contributed by atoms with E-state index in [2.05, 4.69) is 9.71 Å². The number of thiazole rings is 1. The smallest absolute Gasteiger partial charge is 0.242 e. The highest BCUT2D eigenvalue weighted by Gasteiger charge is 2.19. The highest BCUT2D eigenvalue weighted by atomic mass is 32.2. The van der Waals surface area contributed by atoms with Gasteiger partial charge in [0.15, 0.2) is 0 Å². The molecule has 3 N–H and O–H groups in total. The number of sulfonamides is 1. The van der Waals surface area contributed by atoms with Crippen LogP contribution in [0.1, 0.15) is 35.5 Å². The Morgan fingerprint density at radius 2 is 2.19 bits per heavy atom. The second-order valence-electron chi connectivity index (χ2n) is 5.04. The molecule has 0 fully saturated rings. The Balaban J connectivity index is 2.19. The number of nitrogens with two attached hydrogens (primary N) is 1. The Morgan fingerprint density at radius 1 is 1.48 bits per heavy atom. The quantitative estimate of drug-likeness (QED) is 0.845. The predicted molar refractivity (Wildman–Crippen MR) is 83.6 cm³/mol. The molecule has 0 saturated heterocycles. The molecular formula is C13H20N4O2S2. The van der Waals surface area contributed by atoms with Crippen molar-refractivity contribution in [3.63, 3.8) is 0 Å². The molecule has 0 aliphatic rings. The number of nitrogens with one attached hydrogen (secondary N) is 1. The van der Waals surface area contributed by atoms with Crippen LogP contribution >= 0.6 is 11.3 Å². The third-order valence-electron chi connectivity index (χ3n) is 3.09. The monoisotopic (exact) mass is 328 g/mol. The van der Waals surface area contributed by atoms with Crippen LogP contribution in [0.3, 0.4) is 0 Å². The minimum Gasteiger partial charge on any atom is -0.346 e. The van der Waals surface area contributed by atoms with Gasteiger partial charge in [-0.1, -0.05) is 0 Å². The van der Waals surface area contributed by atoms with Crippen LogP contribution in [0.5, 0.6) is 0 Å². The van der Waals surface area contributed by atoms with Crippen LogP contribution in [-0.4, -0.2) is 18.0 Å². The molecule has 0 aliphatic heterocycles. The molecule has 2 aromatic heterocycles. The van der Waals surface area contributed by atoms with Crippen LogP contribution in [0.2, 0.25) is 0 Å². The van der Waals surface area contributed by atoms with E-state index < -0.39 is 10.0 Å². The maximum Gasteiger partial charge on any atom is 0.242 e. The van der Waals surface area contributed by atoms with Gasteiger partial charge in [0.1, 0.15) is 0 Å². The lowest BCUT2D eigenvalue weighted by Crippen LogP contribution is -2.22. The first kappa shape index (κ1) is 16.2. The van der Waals surface area contributed by atoms with Gasteiger partial charge < -0.3 is 10.3 Å². The first-order valence-electron chi connectivity index (χ1n) is 6.65. The van der Waals surface area contributed by atoms with Crippen molar-refractivity contribution >= 4 is 21.4 Å². The summed E-state index contributed by atoms with van der Waals surface area (Å²) in [5.41, 5.74) is 6.47. The van der Waals surface area contributed by atoms with E-state index in [4.69, 9.17) is 5.73 Å². The molecule has 0 atom stereocenters. The third kappa shape index (κ3) is 3.70. The van der Waals surface area contributed by atoms with E-state index in [0.29, 0.717) is 6.54 Å². The molecule has 0 saturated carbocycles. The number of hydrogen-bond acceptors (Lipinski definition) is 5. The Morgan fingerprint density at radius 3 is 2.67 bits per heavy atom. The minimum absolute atomic E-state index is 0.164. The predicted octanol–water partition coefficient (Wildman–Crippen LogP) is 1.77. The summed E-state index contributed by atoms with van der Waals surface area (Å²) >= 11 is 1.48. The van der Waals surface area contributed by atoms with Crippen LogP contribution < -0.4 is 10.5 Å². The fourth-order valence-electron chi connectivity index (χ4n) is 2.02. The van der Waals surface area contributed by atoms with E-state index in [1.54, 1.807) is 18.5 Å². The summed E-state index contributed by atoms with van der Waals surface area (Å²) in [6, 6.07) is 1.79. The van der Waals surface area contributed by atoms with Crippen molar-refractivity contribution in [1.82, 2.24) is 14.3 Å². The van der Waals surface area contributed by atoms with E-state index in [-0.39, 0.29) is 17.5 Å². The molecule has 0 radical (unpaired) electrons. The van der Waals surface area contributed by atoms with Gasteiger partial charge in [0.25, 0.3) is 0 Å². The maximum atomic E-state index is 12.3. The Labute approximate surface area is 129 Å². The summed E-state index contributed by atoms with van der Waals surface area (Å²) in [4.78, 5) is 5.24. The first-order valence-corrected chi connectivity index (χ1v) is 8.95. The highest BCUT2D eigenvalue weighted by molar-refractivity contribution is 7.89. The zero-order valence-corrected chi connectivity index (χ0v) is 14.0. The molecule has 2 heterocycles. The van der Waals surface area contributed by atoms with Crippen molar-refractivity contribution in [1.29, 1.82) is 0 Å². The molecule has 21 heavy (non-hydrogen) atoms. The summed E-state index contributed by atoms with van der Waals surface area (Å²) in [7, 11) is -3.54. The molecule has 116 valence electrons. The number of nitrogens with zero attached hydrogens (tertiary/aromatic N) is 2. The van der Waals surface area contributed by atoms with Crippen molar-refractivity contribution in [2.24, 2.45) is 5.73 Å². The van der Waals surface area contributed by atoms with E-state index in [1.165, 1.54) is 11.3 Å². The molecule has 0 spiro atoms. The summed E-state index contributed by atoms with van der Waals surface area (Å²) in [6.45, 7) is 6.42. The minimum atomic E-state index is -3.54. The van der Waals surface area contributed by atoms with Crippen molar-refractivity contribution in [2.45, 2.75) is 44.8 Å². The second kappa shape index (κ2) is 6.27. The topological polar surface area (TPSA) is 90.0 Å². The average molecular weight is 328 g/mol. The Hall–Kier alpha value is -1.22. The normalized spacial score (nSPS) is 12.2. The molecule has 0 unspecified atom stereocenters. The standard InChI is InChI=1S/C13H20N4O2S2/c1-9(2)17-8-13(4-11(17)5-14)21(18,19)16-7-12-6-15-10(3)20-12/h4,6,8-9,16H,5,7,14H2,1-3H3. The summed E-state index contributed by atoms with van der Waals surface area (Å²) in [5, 5.41) is 0.917. The lowest BCUT2D eigenvalue weighted by molar-refractivity contribution is 0.569. The lowest BCUT2D eigenvalue weighted by atomic mass is 10.3. The molecule has 0 bridgehead atoms.